The average Bonchev–Trinajstić information content (AvgIpc) is 2.21. The number of rotatable bonds is 8. The molecule has 0 spiro atoms. The molecule has 0 aliphatic carbocycles. The van der Waals surface area contributed by atoms with Gasteiger partial charge in [0.15, 0.2) is 0 Å². The monoisotopic (exact) mass is 279 g/mol. The number of carbonyl (C=O) groups is 3. The van der Waals surface area contributed by atoms with Crippen molar-refractivity contribution in [2.75, 3.05) is 31.6 Å². The van der Waals surface area contributed by atoms with Crippen LogP contribution >= 0.6 is 0 Å². The minimum atomic E-state index is -1.24. The summed E-state index contributed by atoms with van der Waals surface area (Å²) in [4.78, 5) is 33.5. The number of nitrogens with one attached hydrogen (secondary N) is 1. The topological polar surface area (TPSA) is 130 Å². The van der Waals surface area contributed by atoms with Gasteiger partial charge in [0.1, 0.15) is 13.1 Å². The van der Waals surface area contributed by atoms with Crippen LogP contribution < -0.4 is 11.1 Å². The molecule has 0 radical (unpaired) electrons. The Balaban J connectivity index is 4.16. The lowest BCUT2D eigenvalue weighted by Gasteiger charge is -2.19. The fraction of sp³-hybridized carbons (Fsp3) is 0.667. The van der Waals surface area contributed by atoms with Gasteiger partial charge in [-0.3, -0.25) is 13.8 Å². The standard InChI is InChI=1S/C9H17N3O5S/c1-18(17)4-2-3-11-9(16)12(5-7(10)13)6-8(14)15/h2-6H2,1H3,(H2,10,13)(H,11,16)(H,14,15). The second-order valence-electron chi connectivity index (χ2n) is 3.58. The van der Waals surface area contributed by atoms with E-state index in [1.54, 1.807) is 6.26 Å². The molecule has 1 atom stereocenters. The third kappa shape index (κ3) is 8.50. The Morgan fingerprint density at radius 2 is 1.94 bits per heavy atom. The summed E-state index contributed by atoms with van der Waals surface area (Å²) in [6.07, 6.45) is 2.05. The summed E-state index contributed by atoms with van der Waals surface area (Å²) >= 11 is 0. The second kappa shape index (κ2) is 8.45. The van der Waals surface area contributed by atoms with Crippen LogP contribution in [0.5, 0.6) is 0 Å². The van der Waals surface area contributed by atoms with E-state index in [9.17, 15) is 18.6 Å². The van der Waals surface area contributed by atoms with Gasteiger partial charge in [-0.15, -0.1) is 0 Å². The molecular weight excluding hydrogens is 262 g/mol. The van der Waals surface area contributed by atoms with E-state index in [4.69, 9.17) is 10.8 Å². The SMILES string of the molecule is CS(=O)CCCNC(=O)N(CC(N)=O)CC(=O)O. The second-order valence-corrected chi connectivity index (χ2v) is 5.13. The van der Waals surface area contributed by atoms with Crippen molar-refractivity contribution in [3.05, 3.63) is 0 Å². The van der Waals surface area contributed by atoms with Gasteiger partial charge in [-0.2, -0.15) is 0 Å². The number of carbonyl (C=O) groups excluding carboxylic acids is 2. The zero-order chi connectivity index (χ0) is 14.1. The van der Waals surface area contributed by atoms with Crippen molar-refractivity contribution in [3.63, 3.8) is 0 Å². The predicted molar refractivity (Wildman–Crippen MR) is 65.4 cm³/mol. The maximum absolute atomic E-state index is 11.5. The Labute approximate surface area is 107 Å². The van der Waals surface area contributed by atoms with Crippen LogP contribution in [0.4, 0.5) is 4.79 Å². The maximum Gasteiger partial charge on any atom is 0.323 e. The van der Waals surface area contributed by atoms with E-state index in [2.05, 4.69) is 5.32 Å². The highest BCUT2D eigenvalue weighted by molar-refractivity contribution is 7.84. The van der Waals surface area contributed by atoms with Gasteiger partial charge in [-0.1, -0.05) is 0 Å². The molecule has 0 aliphatic rings. The molecule has 1 unspecified atom stereocenters. The molecular formula is C9H17N3O5S. The number of hydrogen-bond donors (Lipinski definition) is 3. The molecule has 0 aliphatic heterocycles. The van der Waals surface area contributed by atoms with Crippen molar-refractivity contribution in [1.29, 1.82) is 0 Å². The molecule has 0 aromatic rings. The average molecular weight is 279 g/mol. The summed E-state index contributed by atoms with van der Waals surface area (Å²) < 4.78 is 10.8. The Morgan fingerprint density at radius 1 is 1.33 bits per heavy atom. The lowest BCUT2D eigenvalue weighted by atomic mass is 10.4. The predicted octanol–water partition coefficient (Wildman–Crippen LogP) is -1.66. The molecule has 0 fully saturated rings. The van der Waals surface area contributed by atoms with E-state index in [0.29, 0.717) is 12.2 Å². The first-order valence-electron chi connectivity index (χ1n) is 5.15. The molecule has 3 amide bonds. The van der Waals surface area contributed by atoms with Crippen LogP contribution in [0.15, 0.2) is 0 Å². The van der Waals surface area contributed by atoms with E-state index in [-0.39, 0.29) is 6.54 Å². The smallest absolute Gasteiger partial charge is 0.323 e. The largest absolute Gasteiger partial charge is 0.480 e. The number of carboxylic acid groups (broad SMARTS) is 1. The molecule has 0 saturated heterocycles. The van der Waals surface area contributed by atoms with Crippen LogP contribution in [0.3, 0.4) is 0 Å². The molecule has 0 bridgehead atoms. The first-order chi connectivity index (χ1) is 8.32. The van der Waals surface area contributed by atoms with Gasteiger partial charge in [0.2, 0.25) is 5.91 Å². The summed E-state index contributed by atoms with van der Waals surface area (Å²) in [5, 5.41) is 11.0. The van der Waals surface area contributed by atoms with E-state index < -0.39 is 41.8 Å². The van der Waals surface area contributed by atoms with E-state index in [1.807, 2.05) is 0 Å². The van der Waals surface area contributed by atoms with Gasteiger partial charge in [-0.25, -0.2) is 4.79 Å². The zero-order valence-corrected chi connectivity index (χ0v) is 10.9. The number of amides is 3. The molecule has 0 aromatic carbocycles. The lowest BCUT2D eigenvalue weighted by Crippen LogP contribution is -2.46. The van der Waals surface area contributed by atoms with Crippen molar-refractivity contribution in [3.8, 4) is 0 Å². The van der Waals surface area contributed by atoms with Crippen molar-refractivity contribution >= 4 is 28.7 Å². The molecule has 0 aromatic heterocycles. The van der Waals surface area contributed by atoms with Crippen LogP contribution in [-0.4, -0.2) is 63.8 Å². The molecule has 4 N–H and O–H groups in total. The fourth-order valence-corrected chi connectivity index (χ4v) is 1.68. The number of aliphatic carboxylic acids is 1. The first-order valence-corrected chi connectivity index (χ1v) is 6.88. The molecule has 8 nitrogen and oxygen atoms in total. The molecule has 0 rings (SSSR count). The number of carboxylic acids is 1. The molecule has 0 heterocycles. The van der Waals surface area contributed by atoms with Crippen molar-refractivity contribution in [2.45, 2.75) is 6.42 Å². The van der Waals surface area contributed by atoms with E-state index in [0.717, 1.165) is 4.90 Å². The van der Waals surface area contributed by atoms with Gasteiger partial charge in [0, 0.05) is 29.4 Å². The summed E-state index contributed by atoms with van der Waals surface area (Å²) in [6, 6.07) is -0.682. The van der Waals surface area contributed by atoms with E-state index in [1.165, 1.54) is 0 Å². The molecule has 9 heteroatoms. The van der Waals surface area contributed by atoms with Crippen molar-refractivity contribution in [2.24, 2.45) is 5.73 Å². The highest BCUT2D eigenvalue weighted by Crippen LogP contribution is 1.90. The fourth-order valence-electron chi connectivity index (χ4n) is 1.13. The van der Waals surface area contributed by atoms with Gasteiger partial charge in [-0.05, 0) is 6.42 Å². The van der Waals surface area contributed by atoms with Crippen LogP contribution in [0, 0.1) is 0 Å². The first kappa shape index (κ1) is 16.4. The Kier molecular flexibility index (Phi) is 7.68. The molecule has 0 saturated carbocycles. The Morgan fingerprint density at radius 3 is 2.39 bits per heavy atom. The van der Waals surface area contributed by atoms with E-state index >= 15 is 0 Å². The Hall–Kier alpha value is -1.64. The maximum atomic E-state index is 11.5. The van der Waals surface area contributed by atoms with Gasteiger partial charge in [0.05, 0.1) is 0 Å². The summed E-state index contributed by atoms with van der Waals surface area (Å²) in [5.74, 6) is -1.59. The molecule has 104 valence electrons. The number of urea groups is 1. The number of hydrogen-bond acceptors (Lipinski definition) is 4. The van der Waals surface area contributed by atoms with Gasteiger partial charge < -0.3 is 21.1 Å². The quantitative estimate of drug-likeness (QED) is 0.458. The van der Waals surface area contributed by atoms with Crippen LogP contribution in [0.2, 0.25) is 0 Å². The van der Waals surface area contributed by atoms with Crippen LogP contribution in [0.1, 0.15) is 6.42 Å². The summed E-state index contributed by atoms with van der Waals surface area (Å²) in [7, 11) is -0.942. The third-order valence-corrected chi connectivity index (χ3v) is 2.71. The minimum Gasteiger partial charge on any atom is -0.480 e. The normalized spacial score (nSPS) is 11.6. The number of nitrogens with zero attached hydrogens (tertiary/aromatic N) is 1. The minimum absolute atomic E-state index is 0.257. The summed E-state index contributed by atoms with van der Waals surface area (Å²) in [6.45, 7) is -0.806. The zero-order valence-electron chi connectivity index (χ0n) is 10.0. The third-order valence-electron chi connectivity index (χ3n) is 1.84. The number of nitrogens with two attached hydrogens (primary N) is 1. The Bertz CT molecular complexity index is 331. The lowest BCUT2D eigenvalue weighted by molar-refractivity contribution is -0.137. The van der Waals surface area contributed by atoms with Crippen LogP contribution in [-0.2, 0) is 20.4 Å². The van der Waals surface area contributed by atoms with Crippen LogP contribution in [0.25, 0.3) is 0 Å². The van der Waals surface area contributed by atoms with Crippen molar-refractivity contribution < 1.29 is 23.7 Å². The summed E-state index contributed by atoms with van der Waals surface area (Å²) in [5.41, 5.74) is 4.91. The number of primary amides is 1. The van der Waals surface area contributed by atoms with Gasteiger partial charge in [0.25, 0.3) is 0 Å². The van der Waals surface area contributed by atoms with Gasteiger partial charge >= 0.3 is 12.0 Å². The van der Waals surface area contributed by atoms with Crippen molar-refractivity contribution in [1.82, 2.24) is 10.2 Å². The highest BCUT2D eigenvalue weighted by atomic mass is 32.2. The molecule has 18 heavy (non-hydrogen) atoms. The highest BCUT2D eigenvalue weighted by Gasteiger charge is 2.18.